The van der Waals surface area contributed by atoms with Crippen molar-refractivity contribution in [3.05, 3.63) is 46.5 Å². The zero-order chi connectivity index (χ0) is 11.6. The Morgan fingerprint density at radius 1 is 1.19 bits per heavy atom. The van der Waals surface area contributed by atoms with Crippen molar-refractivity contribution in [3.8, 4) is 0 Å². The minimum absolute atomic E-state index is 0.503. The lowest BCUT2D eigenvalue weighted by Gasteiger charge is -2.28. The Morgan fingerprint density at radius 3 is 2.44 bits per heavy atom. The van der Waals surface area contributed by atoms with Crippen molar-refractivity contribution in [1.29, 1.82) is 0 Å². The molecule has 0 atom stereocenters. The van der Waals surface area contributed by atoms with E-state index < -0.39 is 0 Å². The lowest BCUT2D eigenvalue weighted by atomic mass is 9.77. The first kappa shape index (κ1) is 11.7. The third-order valence-electron chi connectivity index (χ3n) is 3.41. The molecule has 0 spiro atoms. The van der Waals surface area contributed by atoms with Gasteiger partial charge in [-0.05, 0) is 48.8 Å². The predicted molar refractivity (Wildman–Crippen MR) is 70.9 cm³/mol. The van der Waals surface area contributed by atoms with E-state index in [2.05, 4.69) is 32.1 Å². The van der Waals surface area contributed by atoms with Crippen LogP contribution in [0.1, 0.15) is 38.7 Å². The molecule has 0 amide bonds. The Bertz CT molecular complexity index is 384. The highest BCUT2D eigenvalue weighted by Gasteiger charge is 2.21. The van der Waals surface area contributed by atoms with E-state index in [1.54, 1.807) is 5.57 Å². The van der Waals surface area contributed by atoms with Crippen molar-refractivity contribution in [3.63, 3.8) is 0 Å². The number of benzene rings is 1. The van der Waals surface area contributed by atoms with Crippen molar-refractivity contribution in [1.82, 2.24) is 0 Å². The van der Waals surface area contributed by atoms with Crippen molar-refractivity contribution >= 4 is 11.6 Å². The molecule has 0 fully saturated rings. The zero-order valence-corrected chi connectivity index (χ0v) is 10.8. The maximum Gasteiger partial charge on any atom is 0.0406 e. The van der Waals surface area contributed by atoms with Gasteiger partial charge in [0.1, 0.15) is 0 Å². The Morgan fingerprint density at radius 2 is 1.88 bits per heavy atom. The number of hydrogen-bond acceptors (Lipinski definition) is 0. The van der Waals surface area contributed by atoms with Crippen LogP contribution in [0.15, 0.2) is 35.9 Å². The molecule has 16 heavy (non-hydrogen) atoms. The molecule has 0 saturated carbocycles. The fraction of sp³-hybridized carbons (Fsp3) is 0.467. The van der Waals surface area contributed by atoms with Gasteiger partial charge in [-0.15, -0.1) is 0 Å². The second-order valence-electron chi connectivity index (χ2n) is 5.53. The van der Waals surface area contributed by atoms with Gasteiger partial charge in [-0.1, -0.05) is 49.2 Å². The molecule has 1 heteroatoms. The molecule has 86 valence electrons. The molecular weight excluding hydrogens is 216 g/mol. The summed E-state index contributed by atoms with van der Waals surface area (Å²) in [5, 5.41) is 0.822. The minimum atomic E-state index is 0.503. The van der Waals surface area contributed by atoms with E-state index in [0.29, 0.717) is 5.41 Å². The first-order valence-electron chi connectivity index (χ1n) is 5.98. The second kappa shape index (κ2) is 4.63. The van der Waals surface area contributed by atoms with Gasteiger partial charge >= 0.3 is 0 Å². The van der Waals surface area contributed by atoms with Gasteiger partial charge in [0.25, 0.3) is 0 Å². The van der Waals surface area contributed by atoms with Crippen LogP contribution in [0, 0.1) is 5.41 Å². The molecule has 0 bridgehead atoms. The highest BCUT2D eigenvalue weighted by molar-refractivity contribution is 6.30. The summed E-state index contributed by atoms with van der Waals surface area (Å²) in [6.45, 7) is 4.70. The Hall–Kier alpha value is -0.750. The van der Waals surface area contributed by atoms with Crippen LogP contribution >= 0.6 is 11.6 Å². The molecule has 0 saturated heterocycles. The largest absolute Gasteiger partial charge is 0.0845 e. The number of halogens is 1. The van der Waals surface area contributed by atoms with Crippen molar-refractivity contribution < 1.29 is 0 Å². The Kier molecular flexibility index (Phi) is 3.39. The SMILES string of the molecule is CC1(C)CC=C(Cc2ccc(Cl)cc2)CC1. The first-order chi connectivity index (χ1) is 7.55. The van der Waals surface area contributed by atoms with Crippen LogP contribution in [-0.4, -0.2) is 0 Å². The molecule has 0 aromatic heterocycles. The van der Waals surface area contributed by atoms with E-state index in [1.807, 2.05) is 12.1 Å². The smallest absolute Gasteiger partial charge is 0.0406 e. The minimum Gasteiger partial charge on any atom is -0.0845 e. The molecule has 2 rings (SSSR count). The highest BCUT2D eigenvalue weighted by Crippen LogP contribution is 2.35. The number of allylic oxidation sites excluding steroid dienone is 2. The summed E-state index contributed by atoms with van der Waals surface area (Å²) < 4.78 is 0. The van der Waals surface area contributed by atoms with Gasteiger partial charge in [-0.25, -0.2) is 0 Å². The standard InChI is InChI=1S/C15H19Cl/c1-15(2)9-7-13(8-10-15)11-12-3-5-14(16)6-4-12/h3-7H,8-11H2,1-2H3. The monoisotopic (exact) mass is 234 g/mol. The number of hydrogen-bond donors (Lipinski definition) is 0. The summed E-state index contributed by atoms with van der Waals surface area (Å²) >= 11 is 5.88. The first-order valence-corrected chi connectivity index (χ1v) is 6.35. The predicted octanol–water partition coefficient (Wildman–Crippen LogP) is 5.02. The zero-order valence-electron chi connectivity index (χ0n) is 10.1. The van der Waals surface area contributed by atoms with Crippen LogP contribution in [0.4, 0.5) is 0 Å². The fourth-order valence-corrected chi connectivity index (χ4v) is 2.27. The van der Waals surface area contributed by atoms with Gasteiger partial charge in [-0.3, -0.25) is 0 Å². The lowest BCUT2D eigenvalue weighted by molar-refractivity contribution is 0.323. The Labute approximate surface area is 103 Å². The maximum absolute atomic E-state index is 5.88. The van der Waals surface area contributed by atoms with Gasteiger partial charge in [0, 0.05) is 5.02 Å². The second-order valence-corrected chi connectivity index (χ2v) is 5.97. The third-order valence-corrected chi connectivity index (χ3v) is 3.66. The molecule has 0 aliphatic heterocycles. The molecule has 0 radical (unpaired) electrons. The van der Waals surface area contributed by atoms with E-state index in [4.69, 9.17) is 11.6 Å². The van der Waals surface area contributed by atoms with Gasteiger partial charge in [0.05, 0.1) is 0 Å². The van der Waals surface area contributed by atoms with Crippen molar-refractivity contribution in [2.45, 2.75) is 39.5 Å². The molecule has 1 aromatic rings. The maximum atomic E-state index is 5.88. The highest BCUT2D eigenvalue weighted by atomic mass is 35.5. The number of rotatable bonds is 2. The molecule has 1 aliphatic rings. The van der Waals surface area contributed by atoms with Gasteiger partial charge in [0.15, 0.2) is 0 Å². The van der Waals surface area contributed by atoms with Crippen molar-refractivity contribution in [2.75, 3.05) is 0 Å². The van der Waals surface area contributed by atoms with Crippen LogP contribution in [0.2, 0.25) is 5.02 Å². The normalized spacial score (nSPS) is 19.3. The summed E-state index contributed by atoms with van der Waals surface area (Å²) in [7, 11) is 0. The lowest BCUT2D eigenvalue weighted by Crippen LogP contribution is -2.15. The van der Waals surface area contributed by atoms with E-state index in [9.17, 15) is 0 Å². The van der Waals surface area contributed by atoms with Crippen LogP contribution in [0.25, 0.3) is 0 Å². The summed E-state index contributed by atoms with van der Waals surface area (Å²) in [6.07, 6.45) is 7.29. The molecule has 1 aliphatic carbocycles. The summed E-state index contributed by atoms with van der Waals surface area (Å²) in [4.78, 5) is 0. The van der Waals surface area contributed by atoms with E-state index >= 15 is 0 Å². The molecular formula is C15H19Cl. The average molecular weight is 235 g/mol. The molecule has 0 heterocycles. The van der Waals surface area contributed by atoms with Crippen molar-refractivity contribution in [2.24, 2.45) is 5.41 Å². The summed E-state index contributed by atoms with van der Waals surface area (Å²) in [6, 6.07) is 8.21. The molecule has 1 aromatic carbocycles. The molecule has 0 unspecified atom stereocenters. The molecule has 0 N–H and O–H groups in total. The van der Waals surface area contributed by atoms with Crippen LogP contribution < -0.4 is 0 Å². The quantitative estimate of drug-likeness (QED) is 0.631. The van der Waals surface area contributed by atoms with Gasteiger partial charge < -0.3 is 0 Å². The van der Waals surface area contributed by atoms with Gasteiger partial charge in [-0.2, -0.15) is 0 Å². The van der Waals surface area contributed by atoms with Crippen LogP contribution in [0.5, 0.6) is 0 Å². The average Bonchev–Trinajstić information content (AvgIpc) is 2.24. The van der Waals surface area contributed by atoms with E-state index in [-0.39, 0.29) is 0 Å². The molecule has 0 nitrogen and oxygen atoms in total. The fourth-order valence-electron chi connectivity index (χ4n) is 2.15. The van der Waals surface area contributed by atoms with E-state index in [1.165, 1.54) is 24.8 Å². The van der Waals surface area contributed by atoms with Gasteiger partial charge in [0.2, 0.25) is 0 Å². The Balaban J connectivity index is 2.01. The summed E-state index contributed by atoms with van der Waals surface area (Å²) in [5.41, 5.74) is 3.46. The summed E-state index contributed by atoms with van der Waals surface area (Å²) in [5.74, 6) is 0. The topological polar surface area (TPSA) is 0 Å². The van der Waals surface area contributed by atoms with Crippen LogP contribution in [-0.2, 0) is 6.42 Å². The van der Waals surface area contributed by atoms with Crippen LogP contribution in [0.3, 0.4) is 0 Å². The third kappa shape index (κ3) is 3.12. The van der Waals surface area contributed by atoms with E-state index in [0.717, 1.165) is 11.4 Å².